The predicted octanol–water partition coefficient (Wildman–Crippen LogP) is 2.20. The summed E-state index contributed by atoms with van der Waals surface area (Å²) in [5.74, 6) is 0.738. The molecular weight excluding hydrogens is 311 g/mol. The molecule has 0 aromatic carbocycles. The first-order valence-corrected chi connectivity index (χ1v) is 8.08. The standard InChI is InChI=1S/C17H21FN4O2/c1-12(2)16-14(9-20-22(16)15-5-3-4-7-19-15)17(23)21-10-13(11-21)24-8-6-18/h3-5,7,9,12-13H,6,8,10-11H2,1-2H3. The zero-order valence-corrected chi connectivity index (χ0v) is 13.9. The van der Waals surface area contributed by atoms with Gasteiger partial charge in [0.2, 0.25) is 0 Å². The van der Waals surface area contributed by atoms with Gasteiger partial charge in [-0.05, 0) is 18.1 Å². The third-order valence-electron chi connectivity index (χ3n) is 4.02. The lowest BCUT2D eigenvalue weighted by Crippen LogP contribution is -2.55. The molecule has 2 aromatic heterocycles. The predicted molar refractivity (Wildman–Crippen MR) is 87.1 cm³/mol. The molecule has 1 saturated heterocycles. The largest absolute Gasteiger partial charge is 0.372 e. The Morgan fingerprint density at radius 1 is 1.42 bits per heavy atom. The van der Waals surface area contributed by atoms with E-state index in [1.807, 2.05) is 32.0 Å². The molecule has 1 fully saturated rings. The molecule has 24 heavy (non-hydrogen) atoms. The first-order chi connectivity index (χ1) is 11.6. The fourth-order valence-electron chi connectivity index (χ4n) is 2.83. The summed E-state index contributed by atoms with van der Waals surface area (Å²) in [5, 5.41) is 4.36. The van der Waals surface area contributed by atoms with Gasteiger partial charge in [0.05, 0.1) is 30.2 Å². The topological polar surface area (TPSA) is 60.3 Å². The fraction of sp³-hybridized carbons (Fsp3) is 0.471. The van der Waals surface area contributed by atoms with Crippen LogP contribution in [0.5, 0.6) is 0 Å². The SMILES string of the molecule is CC(C)c1c(C(=O)N2CC(OCCF)C2)cnn1-c1ccccn1. The van der Waals surface area contributed by atoms with Crippen molar-refractivity contribution in [1.29, 1.82) is 0 Å². The molecule has 6 nitrogen and oxygen atoms in total. The number of likely N-dealkylation sites (tertiary alicyclic amines) is 1. The average Bonchev–Trinajstić information content (AvgIpc) is 2.99. The summed E-state index contributed by atoms with van der Waals surface area (Å²) < 4.78 is 19.1. The molecule has 7 heteroatoms. The van der Waals surface area contributed by atoms with Crippen LogP contribution >= 0.6 is 0 Å². The van der Waals surface area contributed by atoms with Crippen molar-refractivity contribution in [3.05, 3.63) is 41.9 Å². The van der Waals surface area contributed by atoms with Crippen molar-refractivity contribution in [2.45, 2.75) is 25.9 Å². The number of pyridine rings is 1. The minimum Gasteiger partial charge on any atom is -0.372 e. The number of aromatic nitrogens is 3. The second-order valence-corrected chi connectivity index (χ2v) is 6.09. The number of hydrogen-bond donors (Lipinski definition) is 0. The minimum atomic E-state index is -0.501. The highest BCUT2D eigenvalue weighted by atomic mass is 19.1. The van der Waals surface area contributed by atoms with Crippen LogP contribution in [0.2, 0.25) is 0 Å². The van der Waals surface area contributed by atoms with Crippen molar-refractivity contribution >= 4 is 5.91 Å². The van der Waals surface area contributed by atoms with Gasteiger partial charge in [-0.15, -0.1) is 0 Å². The van der Waals surface area contributed by atoms with E-state index in [2.05, 4.69) is 10.1 Å². The lowest BCUT2D eigenvalue weighted by atomic mass is 10.0. The summed E-state index contributed by atoms with van der Waals surface area (Å²) in [6, 6.07) is 5.58. The third-order valence-corrected chi connectivity index (χ3v) is 4.02. The van der Waals surface area contributed by atoms with Crippen molar-refractivity contribution in [3.63, 3.8) is 0 Å². The highest BCUT2D eigenvalue weighted by molar-refractivity contribution is 5.96. The molecule has 0 N–H and O–H groups in total. The molecule has 0 saturated carbocycles. The van der Waals surface area contributed by atoms with Crippen molar-refractivity contribution in [2.75, 3.05) is 26.4 Å². The van der Waals surface area contributed by atoms with E-state index in [-0.39, 0.29) is 24.5 Å². The molecule has 1 aliphatic heterocycles. The molecular formula is C17H21FN4O2. The van der Waals surface area contributed by atoms with Gasteiger partial charge in [0.1, 0.15) is 6.67 Å². The highest BCUT2D eigenvalue weighted by Gasteiger charge is 2.34. The van der Waals surface area contributed by atoms with E-state index in [1.54, 1.807) is 22.0 Å². The molecule has 128 valence electrons. The van der Waals surface area contributed by atoms with Gasteiger partial charge in [0, 0.05) is 19.3 Å². The molecule has 2 aromatic rings. The number of carbonyl (C=O) groups excluding carboxylic acids is 1. The lowest BCUT2D eigenvalue weighted by molar-refractivity contribution is -0.0456. The monoisotopic (exact) mass is 332 g/mol. The van der Waals surface area contributed by atoms with Gasteiger partial charge in [-0.1, -0.05) is 19.9 Å². The molecule has 1 aliphatic rings. The Morgan fingerprint density at radius 3 is 2.83 bits per heavy atom. The number of halogens is 1. The van der Waals surface area contributed by atoms with Crippen molar-refractivity contribution in [1.82, 2.24) is 19.7 Å². The number of ether oxygens (including phenoxy) is 1. The minimum absolute atomic E-state index is 0.0685. The van der Waals surface area contributed by atoms with E-state index < -0.39 is 6.67 Å². The Balaban J connectivity index is 1.79. The lowest BCUT2D eigenvalue weighted by Gasteiger charge is -2.38. The van der Waals surface area contributed by atoms with Crippen LogP contribution < -0.4 is 0 Å². The molecule has 0 atom stereocenters. The van der Waals surface area contributed by atoms with Crippen LogP contribution in [0.1, 0.15) is 35.8 Å². The summed E-state index contributed by atoms with van der Waals surface area (Å²) in [7, 11) is 0. The van der Waals surface area contributed by atoms with Gasteiger partial charge in [-0.25, -0.2) is 14.1 Å². The van der Waals surface area contributed by atoms with E-state index >= 15 is 0 Å². The van der Waals surface area contributed by atoms with Gasteiger partial charge in [0.15, 0.2) is 5.82 Å². The van der Waals surface area contributed by atoms with Crippen molar-refractivity contribution in [3.8, 4) is 5.82 Å². The zero-order chi connectivity index (χ0) is 17.1. The number of amides is 1. The van der Waals surface area contributed by atoms with Gasteiger partial charge >= 0.3 is 0 Å². The Kier molecular flexibility index (Phi) is 4.89. The smallest absolute Gasteiger partial charge is 0.257 e. The molecule has 0 bridgehead atoms. The maximum atomic E-state index is 12.7. The van der Waals surface area contributed by atoms with Crippen LogP contribution in [0.4, 0.5) is 4.39 Å². The molecule has 0 radical (unpaired) electrons. The molecule has 0 unspecified atom stereocenters. The summed E-state index contributed by atoms with van der Waals surface area (Å²) in [6.07, 6.45) is 3.23. The Labute approximate surface area is 140 Å². The molecule has 3 rings (SSSR count). The van der Waals surface area contributed by atoms with Crippen LogP contribution in [0.3, 0.4) is 0 Å². The zero-order valence-electron chi connectivity index (χ0n) is 13.9. The van der Waals surface area contributed by atoms with Crippen molar-refractivity contribution < 1.29 is 13.9 Å². The maximum Gasteiger partial charge on any atom is 0.257 e. The summed E-state index contributed by atoms with van der Waals surface area (Å²) in [6.45, 7) is 4.61. The number of rotatable bonds is 6. The summed E-state index contributed by atoms with van der Waals surface area (Å²) in [4.78, 5) is 18.8. The van der Waals surface area contributed by atoms with Crippen LogP contribution in [-0.2, 0) is 4.74 Å². The molecule has 1 amide bonds. The van der Waals surface area contributed by atoms with E-state index in [0.29, 0.717) is 24.5 Å². The second kappa shape index (κ2) is 7.09. The molecule has 0 spiro atoms. The summed E-state index contributed by atoms with van der Waals surface area (Å²) >= 11 is 0. The van der Waals surface area contributed by atoms with Crippen LogP contribution in [-0.4, -0.2) is 58.0 Å². The van der Waals surface area contributed by atoms with Crippen LogP contribution in [0, 0.1) is 0 Å². The quantitative estimate of drug-likeness (QED) is 0.814. The number of alkyl halides is 1. The highest BCUT2D eigenvalue weighted by Crippen LogP contribution is 2.25. The summed E-state index contributed by atoms with van der Waals surface area (Å²) in [5.41, 5.74) is 1.42. The Morgan fingerprint density at radius 2 is 2.21 bits per heavy atom. The molecule has 0 aliphatic carbocycles. The van der Waals surface area contributed by atoms with Crippen LogP contribution in [0.25, 0.3) is 5.82 Å². The van der Waals surface area contributed by atoms with Gasteiger partial charge in [0.25, 0.3) is 5.91 Å². The Hall–Kier alpha value is -2.28. The number of nitrogens with zero attached hydrogens (tertiary/aromatic N) is 4. The Bertz CT molecular complexity index is 696. The van der Waals surface area contributed by atoms with Gasteiger partial charge < -0.3 is 9.64 Å². The van der Waals surface area contributed by atoms with Crippen molar-refractivity contribution in [2.24, 2.45) is 0 Å². The van der Waals surface area contributed by atoms with E-state index in [0.717, 1.165) is 5.69 Å². The fourth-order valence-corrected chi connectivity index (χ4v) is 2.83. The average molecular weight is 332 g/mol. The number of carbonyl (C=O) groups is 1. The molecule has 3 heterocycles. The van der Waals surface area contributed by atoms with Gasteiger partial charge in [-0.3, -0.25) is 4.79 Å². The first-order valence-electron chi connectivity index (χ1n) is 8.08. The van der Waals surface area contributed by atoms with E-state index in [4.69, 9.17) is 4.74 Å². The second-order valence-electron chi connectivity index (χ2n) is 6.09. The first kappa shape index (κ1) is 16.6. The third kappa shape index (κ3) is 3.17. The van der Waals surface area contributed by atoms with Crippen LogP contribution in [0.15, 0.2) is 30.6 Å². The van der Waals surface area contributed by atoms with Gasteiger partial charge in [-0.2, -0.15) is 5.10 Å². The van der Waals surface area contributed by atoms with E-state index in [1.165, 1.54) is 0 Å². The normalized spacial score (nSPS) is 14.9. The maximum absolute atomic E-state index is 12.7. The van der Waals surface area contributed by atoms with E-state index in [9.17, 15) is 9.18 Å². The number of hydrogen-bond acceptors (Lipinski definition) is 4.